The molecule has 1 radical (unpaired) electrons. The zero-order chi connectivity index (χ0) is 9.68. The maximum absolute atomic E-state index is 10.3. The van der Waals surface area contributed by atoms with Crippen LogP contribution >= 0.6 is 0 Å². The van der Waals surface area contributed by atoms with Gasteiger partial charge in [0.2, 0.25) is 6.29 Å². The summed E-state index contributed by atoms with van der Waals surface area (Å²) in [5, 5.41) is 10.3. The number of carbonyl (C=O) groups excluding carboxylic acids is 1. The molecule has 0 amide bonds. The van der Waals surface area contributed by atoms with Crippen molar-refractivity contribution >= 4 is 18.0 Å². The predicted molar refractivity (Wildman–Crippen MR) is 47.8 cm³/mol. The third kappa shape index (κ3) is 2.52. The van der Waals surface area contributed by atoms with Crippen LogP contribution in [0.3, 0.4) is 0 Å². The Morgan fingerprint density at radius 1 is 1.46 bits per heavy atom. The Morgan fingerprint density at radius 3 is 2.85 bits per heavy atom. The van der Waals surface area contributed by atoms with Crippen LogP contribution in [0.25, 0.3) is 6.08 Å². The van der Waals surface area contributed by atoms with Crippen molar-refractivity contribution in [2.75, 3.05) is 0 Å². The van der Waals surface area contributed by atoms with Crippen molar-refractivity contribution in [3.8, 4) is 0 Å². The van der Waals surface area contributed by atoms with E-state index in [4.69, 9.17) is 0 Å². The minimum Gasteiger partial charge on any atom is -0.286 e. The van der Waals surface area contributed by atoms with Crippen molar-refractivity contribution in [2.45, 2.75) is 0 Å². The molecule has 0 aromatic heterocycles. The minimum absolute atomic E-state index is 0.00745. The molecule has 13 heavy (non-hydrogen) atoms. The van der Waals surface area contributed by atoms with Crippen molar-refractivity contribution in [3.63, 3.8) is 0 Å². The van der Waals surface area contributed by atoms with Crippen LogP contribution in [-0.4, -0.2) is 11.2 Å². The van der Waals surface area contributed by atoms with Crippen LogP contribution in [0.15, 0.2) is 30.3 Å². The smallest absolute Gasteiger partial charge is 0.270 e. The Hall–Kier alpha value is -1.97. The summed E-state index contributed by atoms with van der Waals surface area (Å²) in [7, 11) is 0. The first-order valence-electron chi connectivity index (χ1n) is 3.52. The van der Waals surface area contributed by atoms with E-state index in [1.807, 2.05) is 0 Å². The fourth-order valence-corrected chi connectivity index (χ4v) is 0.872. The lowest BCUT2D eigenvalue weighted by molar-refractivity contribution is -0.384. The lowest BCUT2D eigenvalue weighted by Gasteiger charge is -1.92. The molecule has 1 rings (SSSR count). The molecule has 65 valence electrons. The molecule has 0 N–H and O–H groups in total. The van der Waals surface area contributed by atoms with Gasteiger partial charge in [0.05, 0.1) is 4.92 Å². The molecule has 4 nitrogen and oxygen atoms in total. The second-order valence-electron chi connectivity index (χ2n) is 2.30. The van der Waals surface area contributed by atoms with Gasteiger partial charge >= 0.3 is 0 Å². The molecule has 0 aliphatic rings. The van der Waals surface area contributed by atoms with E-state index in [-0.39, 0.29) is 5.69 Å². The van der Waals surface area contributed by atoms with Gasteiger partial charge < -0.3 is 0 Å². The van der Waals surface area contributed by atoms with Crippen molar-refractivity contribution < 1.29 is 9.72 Å². The van der Waals surface area contributed by atoms with Gasteiger partial charge in [0.1, 0.15) is 0 Å². The summed E-state index contributed by atoms with van der Waals surface area (Å²) in [4.78, 5) is 19.7. The highest BCUT2D eigenvalue weighted by molar-refractivity contribution is 5.74. The number of non-ortho nitro benzene ring substituents is 1. The fraction of sp³-hybridized carbons (Fsp3) is 0. The van der Waals surface area contributed by atoms with Gasteiger partial charge in [-0.05, 0) is 11.6 Å². The molecule has 0 fully saturated rings. The molecule has 0 saturated carbocycles. The number of nitro groups is 1. The van der Waals surface area contributed by atoms with Crippen LogP contribution in [0.4, 0.5) is 5.69 Å². The fourth-order valence-electron chi connectivity index (χ4n) is 0.872. The Kier molecular flexibility index (Phi) is 2.92. The first-order chi connectivity index (χ1) is 6.24. The van der Waals surface area contributed by atoms with Gasteiger partial charge in [0.15, 0.2) is 0 Å². The molecule has 0 spiro atoms. The van der Waals surface area contributed by atoms with E-state index in [2.05, 4.69) is 0 Å². The van der Waals surface area contributed by atoms with Crippen LogP contribution in [0.1, 0.15) is 5.56 Å². The minimum atomic E-state index is -0.484. The third-order valence-electron chi connectivity index (χ3n) is 1.42. The molecular formula is C9H6NO3. The normalized spacial score (nSPS) is 10.2. The number of benzene rings is 1. The quantitative estimate of drug-likeness (QED) is 0.400. The Balaban J connectivity index is 2.98. The number of rotatable bonds is 3. The molecule has 0 aliphatic carbocycles. The molecule has 0 saturated heterocycles. The second kappa shape index (κ2) is 4.15. The third-order valence-corrected chi connectivity index (χ3v) is 1.42. The van der Waals surface area contributed by atoms with Crippen molar-refractivity contribution in [1.29, 1.82) is 0 Å². The van der Waals surface area contributed by atoms with Gasteiger partial charge in [-0.15, -0.1) is 0 Å². The zero-order valence-electron chi connectivity index (χ0n) is 6.64. The van der Waals surface area contributed by atoms with Gasteiger partial charge in [-0.3, -0.25) is 14.9 Å². The van der Waals surface area contributed by atoms with Gasteiger partial charge in [0.25, 0.3) is 5.69 Å². The highest BCUT2D eigenvalue weighted by atomic mass is 16.6. The van der Waals surface area contributed by atoms with Crippen LogP contribution in [0.2, 0.25) is 0 Å². The summed E-state index contributed by atoms with van der Waals surface area (Å²) in [5.74, 6) is 0. The summed E-state index contributed by atoms with van der Waals surface area (Å²) in [6, 6.07) is 6.00. The maximum Gasteiger partial charge on any atom is 0.270 e. The van der Waals surface area contributed by atoms with Gasteiger partial charge in [0, 0.05) is 12.1 Å². The highest BCUT2D eigenvalue weighted by Crippen LogP contribution is 2.13. The SMILES string of the molecule is O=[C]C=Cc1cccc([N+](=O)[O-])c1. The van der Waals surface area contributed by atoms with Crippen LogP contribution < -0.4 is 0 Å². The number of nitro benzene ring substituents is 1. The van der Waals surface area contributed by atoms with E-state index in [1.54, 1.807) is 18.4 Å². The molecule has 0 heterocycles. The average Bonchev–Trinajstić information content (AvgIpc) is 2.15. The van der Waals surface area contributed by atoms with Crippen LogP contribution in [-0.2, 0) is 4.79 Å². The van der Waals surface area contributed by atoms with Crippen molar-refractivity contribution in [3.05, 3.63) is 46.0 Å². The maximum atomic E-state index is 10.3. The Morgan fingerprint density at radius 2 is 2.23 bits per heavy atom. The van der Waals surface area contributed by atoms with Crippen LogP contribution in [0, 0.1) is 10.1 Å². The topological polar surface area (TPSA) is 60.2 Å². The van der Waals surface area contributed by atoms with Gasteiger partial charge in [-0.25, -0.2) is 0 Å². The lowest BCUT2D eigenvalue weighted by Crippen LogP contribution is -1.87. The number of hydrogen-bond acceptors (Lipinski definition) is 3. The molecule has 0 unspecified atom stereocenters. The summed E-state index contributed by atoms with van der Waals surface area (Å²) >= 11 is 0. The van der Waals surface area contributed by atoms with Gasteiger partial charge in [-0.2, -0.15) is 0 Å². The largest absolute Gasteiger partial charge is 0.286 e. The molecule has 1 aromatic carbocycles. The van der Waals surface area contributed by atoms with Gasteiger partial charge in [-0.1, -0.05) is 18.2 Å². The van der Waals surface area contributed by atoms with Crippen molar-refractivity contribution in [1.82, 2.24) is 0 Å². The van der Waals surface area contributed by atoms with E-state index < -0.39 is 4.92 Å². The average molecular weight is 176 g/mol. The Labute approximate surface area is 74.7 Å². The van der Waals surface area contributed by atoms with E-state index in [0.717, 1.165) is 0 Å². The summed E-state index contributed by atoms with van der Waals surface area (Å²) in [6.45, 7) is 0. The summed E-state index contributed by atoms with van der Waals surface area (Å²) in [6.07, 6.45) is 4.19. The molecule has 4 heteroatoms. The Bertz CT molecular complexity index is 358. The summed E-state index contributed by atoms with van der Waals surface area (Å²) < 4.78 is 0. The van der Waals surface area contributed by atoms with E-state index in [1.165, 1.54) is 24.3 Å². The zero-order valence-corrected chi connectivity index (χ0v) is 6.64. The molecular weight excluding hydrogens is 170 g/mol. The molecule has 1 aromatic rings. The number of hydrogen-bond donors (Lipinski definition) is 0. The van der Waals surface area contributed by atoms with Crippen LogP contribution in [0.5, 0.6) is 0 Å². The van der Waals surface area contributed by atoms with E-state index in [0.29, 0.717) is 5.56 Å². The molecule has 0 bridgehead atoms. The van der Waals surface area contributed by atoms with Crippen molar-refractivity contribution in [2.24, 2.45) is 0 Å². The van der Waals surface area contributed by atoms with E-state index >= 15 is 0 Å². The summed E-state index contributed by atoms with van der Waals surface area (Å²) in [5.41, 5.74) is 0.616. The second-order valence-corrected chi connectivity index (χ2v) is 2.30. The first kappa shape index (κ1) is 9.12. The monoisotopic (exact) mass is 176 g/mol. The van der Waals surface area contributed by atoms with E-state index in [9.17, 15) is 14.9 Å². The molecule has 0 aliphatic heterocycles. The molecule has 0 atom stereocenters. The lowest BCUT2D eigenvalue weighted by atomic mass is 10.2. The highest BCUT2D eigenvalue weighted by Gasteiger charge is 2.02. The first-order valence-corrected chi connectivity index (χ1v) is 3.52. The standard InChI is InChI=1S/C9H6NO3/c11-6-2-4-8-3-1-5-9(7-8)10(12)13/h1-5,7H. The number of nitrogens with zero attached hydrogens (tertiary/aromatic N) is 1. The predicted octanol–water partition coefficient (Wildman–Crippen LogP) is 1.72. The number of allylic oxidation sites excluding steroid dienone is 1.